The van der Waals surface area contributed by atoms with Gasteiger partial charge in [-0.05, 0) is 48.5 Å². The molecule has 0 heterocycles. The average Bonchev–Trinajstić information content (AvgIpc) is 2.54. The number of aliphatic carboxylic acids is 1. The van der Waals surface area contributed by atoms with Crippen molar-refractivity contribution in [3.8, 4) is 0 Å². The lowest BCUT2D eigenvalue weighted by atomic mass is 10.4. The fourth-order valence-corrected chi connectivity index (χ4v) is 5.13. The Labute approximate surface area is 167 Å². The minimum Gasteiger partial charge on any atom is -0.478 e. The minimum absolute atomic E-state index is 0.103. The number of halogens is 2. The molecule has 0 fully saturated rings. The van der Waals surface area contributed by atoms with Gasteiger partial charge in [-0.25, -0.2) is 21.6 Å². The Bertz CT molecular complexity index is 1050. The third kappa shape index (κ3) is 5.26. The first-order chi connectivity index (χ1) is 12.0. The Kier molecular flexibility index (Phi) is 6.43. The van der Waals surface area contributed by atoms with Gasteiger partial charge in [0.05, 0.1) is 21.1 Å². The van der Waals surface area contributed by atoms with Crippen molar-refractivity contribution in [3.63, 3.8) is 0 Å². The van der Waals surface area contributed by atoms with Gasteiger partial charge in [-0.1, -0.05) is 31.9 Å². The van der Waals surface area contributed by atoms with Gasteiger partial charge in [0.15, 0.2) is 19.7 Å². The van der Waals surface area contributed by atoms with E-state index in [0.29, 0.717) is 14.4 Å². The topological polar surface area (TPSA) is 106 Å². The van der Waals surface area contributed by atoms with Gasteiger partial charge in [-0.3, -0.25) is 0 Å². The molecule has 0 saturated heterocycles. The first-order valence-corrected chi connectivity index (χ1v) is 11.7. The van der Waals surface area contributed by atoms with Gasteiger partial charge in [0, 0.05) is 14.4 Å². The van der Waals surface area contributed by atoms with Gasteiger partial charge in [0.2, 0.25) is 0 Å². The standard InChI is InChI=1S/C16H12Br2O6S2/c17-12-1-5-14(6-2-12)25(21,22)9-11(16(19)20)10-26(23,24)15-7-3-13(18)4-8-15/h1-9H,10H2,(H,19,20)/b11-9+. The Morgan fingerprint density at radius 2 is 1.27 bits per heavy atom. The Morgan fingerprint density at radius 3 is 1.69 bits per heavy atom. The molecule has 2 aromatic carbocycles. The smallest absolute Gasteiger partial charge is 0.333 e. The van der Waals surface area contributed by atoms with Crippen molar-refractivity contribution in [2.45, 2.75) is 9.79 Å². The van der Waals surface area contributed by atoms with Gasteiger partial charge in [-0.15, -0.1) is 0 Å². The second-order valence-electron chi connectivity index (χ2n) is 5.16. The number of carboxylic acids is 1. The summed E-state index contributed by atoms with van der Waals surface area (Å²) < 4.78 is 50.9. The highest BCUT2D eigenvalue weighted by atomic mass is 79.9. The van der Waals surface area contributed by atoms with Crippen molar-refractivity contribution in [3.05, 3.63) is 68.5 Å². The highest BCUT2D eigenvalue weighted by Gasteiger charge is 2.24. The average molecular weight is 524 g/mol. The zero-order valence-corrected chi connectivity index (χ0v) is 17.8. The fraction of sp³-hybridized carbons (Fsp3) is 0.0625. The maximum Gasteiger partial charge on any atom is 0.333 e. The summed E-state index contributed by atoms with van der Waals surface area (Å²) in [7, 11) is -8.14. The summed E-state index contributed by atoms with van der Waals surface area (Å²) in [5.74, 6) is -2.56. The predicted octanol–water partition coefficient (Wildman–Crippen LogP) is 3.43. The van der Waals surface area contributed by atoms with Crippen molar-refractivity contribution >= 4 is 57.5 Å². The van der Waals surface area contributed by atoms with Crippen LogP contribution in [0.3, 0.4) is 0 Å². The van der Waals surface area contributed by atoms with Crippen LogP contribution in [0.2, 0.25) is 0 Å². The first kappa shape index (κ1) is 20.8. The Hall–Kier alpha value is -1.49. The maximum absolute atomic E-state index is 12.4. The van der Waals surface area contributed by atoms with Gasteiger partial charge in [0.25, 0.3) is 0 Å². The molecule has 138 valence electrons. The first-order valence-electron chi connectivity index (χ1n) is 6.94. The summed E-state index contributed by atoms with van der Waals surface area (Å²) in [6.07, 6.45) is 0. The maximum atomic E-state index is 12.4. The van der Waals surface area contributed by atoms with Crippen LogP contribution in [0.5, 0.6) is 0 Å². The summed E-state index contributed by atoms with van der Waals surface area (Å²) in [4.78, 5) is 11.2. The molecule has 0 saturated carbocycles. The van der Waals surface area contributed by atoms with E-state index in [0.717, 1.165) is 0 Å². The highest BCUT2D eigenvalue weighted by Crippen LogP contribution is 2.21. The van der Waals surface area contributed by atoms with Crippen LogP contribution in [0, 0.1) is 0 Å². The minimum atomic E-state index is -4.12. The molecule has 10 heteroatoms. The number of carboxylic acid groups (broad SMARTS) is 1. The zero-order valence-electron chi connectivity index (χ0n) is 13.0. The summed E-state index contributed by atoms with van der Waals surface area (Å²) in [5, 5.41) is 9.75. The molecule has 0 unspecified atom stereocenters. The quantitative estimate of drug-likeness (QED) is 0.581. The van der Waals surface area contributed by atoms with Crippen LogP contribution in [-0.4, -0.2) is 33.7 Å². The van der Waals surface area contributed by atoms with Crippen molar-refractivity contribution in [2.24, 2.45) is 0 Å². The van der Waals surface area contributed by atoms with Gasteiger partial charge >= 0.3 is 5.97 Å². The number of carbonyl (C=O) groups is 1. The van der Waals surface area contributed by atoms with E-state index in [1.807, 2.05) is 0 Å². The zero-order chi connectivity index (χ0) is 19.5. The molecule has 0 aromatic heterocycles. The lowest BCUT2D eigenvalue weighted by molar-refractivity contribution is -0.132. The van der Waals surface area contributed by atoms with Crippen LogP contribution in [-0.2, 0) is 24.5 Å². The molecule has 0 amide bonds. The van der Waals surface area contributed by atoms with Gasteiger partial charge in [-0.2, -0.15) is 0 Å². The molecule has 0 aliphatic heterocycles. The summed E-state index contributed by atoms with van der Waals surface area (Å²) in [6.45, 7) is 0. The molecule has 0 spiro atoms. The third-order valence-electron chi connectivity index (χ3n) is 3.23. The molecule has 0 radical (unpaired) electrons. The van der Waals surface area contributed by atoms with Crippen LogP contribution in [0.15, 0.2) is 78.2 Å². The van der Waals surface area contributed by atoms with E-state index in [1.165, 1.54) is 48.5 Å². The Balaban J connectivity index is 2.42. The number of benzene rings is 2. The van der Waals surface area contributed by atoms with E-state index in [2.05, 4.69) is 31.9 Å². The molecular weight excluding hydrogens is 512 g/mol. The highest BCUT2D eigenvalue weighted by molar-refractivity contribution is 9.10. The molecular formula is C16H12Br2O6S2. The molecule has 0 bridgehead atoms. The van der Waals surface area contributed by atoms with Crippen LogP contribution in [0.25, 0.3) is 0 Å². The van der Waals surface area contributed by atoms with E-state index < -0.39 is 37.0 Å². The summed E-state index contributed by atoms with van der Waals surface area (Å²) in [5.41, 5.74) is -0.740. The lowest BCUT2D eigenvalue weighted by Gasteiger charge is -2.07. The van der Waals surface area contributed by atoms with E-state index in [9.17, 15) is 26.7 Å². The molecule has 0 aliphatic rings. The molecule has 2 aromatic rings. The third-order valence-corrected chi connectivity index (χ3v) is 7.50. The largest absolute Gasteiger partial charge is 0.478 e. The number of sulfone groups is 2. The molecule has 1 N–H and O–H groups in total. The molecule has 26 heavy (non-hydrogen) atoms. The molecule has 0 aliphatic carbocycles. The molecule has 2 rings (SSSR count). The second-order valence-corrected chi connectivity index (χ2v) is 10.8. The van der Waals surface area contributed by atoms with Gasteiger partial charge in [0.1, 0.15) is 0 Å². The van der Waals surface area contributed by atoms with E-state index in [4.69, 9.17) is 0 Å². The van der Waals surface area contributed by atoms with Crippen molar-refractivity contribution < 1.29 is 26.7 Å². The normalized spacial score (nSPS) is 12.8. The van der Waals surface area contributed by atoms with E-state index in [1.54, 1.807) is 0 Å². The van der Waals surface area contributed by atoms with Crippen LogP contribution < -0.4 is 0 Å². The number of hydrogen-bond acceptors (Lipinski definition) is 5. The predicted molar refractivity (Wildman–Crippen MR) is 103 cm³/mol. The van der Waals surface area contributed by atoms with Crippen molar-refractivity contribution in [1.29, 1.82) is 0 Å². The number of hydrogen-bond donors (Lipinski definition) is 1. The van der Waals surface area contributed by atoms with E-state index >= 15 is 0 Å². The molecule has 0 atom stereocenters. The van der Waals surface area contributed by atoms with E-state index in [-0.39, 0.29) is 9.79 Å². The van der Waals surface area contributed by atoms with Crippen LogP contribution >= 0.6 is 31.9 Å². The summed E-state index contributed by atoms with van der Waals surface area (Å²) in [6, 6.07) is 11.2. The Morgan fingerprint density at radius 1 is 0.846 bits per heavy atom. The van der Waals surface area contributed by atoms with Crippen molar-refractivity contribution in [1.82, 2.24) is 0 Å². The summed E-state index contributed by atoms with van der Waals surface area (Å²) >= 11 is 6.34. The van der Waals surface area contributed by atoms with Crippen LogP contribution in [0.4, 0.5) is 0 Å². The van der Waals surface area contributed by atoms with Crippen LogP contribution in [0.1, 0.15) is 0 Å². The van der Waals surface area contributed by atoms with Crippen molar-refractivity contribution in [2.75, 3.05) is 5.75 Å². The van der Waals surface area contributed by atoms with Gasteiger partial charge < -0.3 is 5.11 Å². The second kappa shape index (κ2) is 8.03. The SMILES string of the molecule is O=C(O)/C(=C/S(=O)(=O)c1ccc(Br)cc1)CS(=O)(=O)c1ccc(Br)cc1. The molecule has 6 nitrogen and oxygen atoms in total. The lowest BCUT2D eigenvalue weighted by Crippen LogP contribution is -2.16. The number of rotatable bonds is 6. The monoisotopic (exact) mass is 522 g/mol. The fourth-order valence-electron chi connectivity index (χ4n) is 1.96.